The molecule has 3 nitrogen and oxygen atoms in total. The molecule has 1 aromatic rings. The Morgan fingerprint density at radius 3 is 2.57 bits per heavy atom. The van der Waals surface area contributed by atoms with Gasteiger partial charge in [0.05, 0.1) is 12.1 Å². The Bertz CT molecular complexity index is 393. The summed E-state index contributed by atoms with van der Waals surface area (Å²) >= 11 is 5.68. The van der Waals surface area contributed by atoms with Crippen molar-refractivity contribution in [2.24, 2.45) is 0 Å². The largest absolute Gasteiger partial charge is 0.478 e. The maximum atomic E-state index is 10.8. The fourth-order valence-electron chi connectivity index (χ4n) is 1.43. The van der Waals surface area contributed by atoms with E-state index in [0.717, 1.165) is 5.69 Å². The summed E-state index contributed by atoms with van der Waals surface area (Å²) in [5.41, 5.74) is 1.90. The first kappa shape index (κ1) is 10.9. The molecule has 0 aliphatic rings. The number of carboxylic acids is 1. The zero-order chi connectivity index (χ0) is 10.9. The standard InChI is InChI=1S/C10H12ClNO2/c1-6(11)5-12-7(2)4-9(8(12)3)10(13)14/h4H,1,5H2,2-3H3,(H,13,14). The second kappa shape index (κ2) is 3.88. The van der Waals surface area contributed by atoms with Gasteiger partial charge in [0.25, 0.3) is 0 Å². The number of rotatable bonds is 3. The van der Waals surface area contributed by atoms with Gasteiger partial charge >= 0.3 is 5.97 Å². The normalized spacial score (nSPS) is 10.2. The minimum absolute atomic E-state index is 0.320. The van der Waals surface area contributed by atoms with Crippen LogP contribution < -0.4 is 0 Å². The Balaban J connectivity index is 3.17. The Labute approximate surface area is 87.6 Å². The summed E-state index contributed by atoms with van der Waals surface area (Å²) < 4.78 is 1.83. The third-order valence-electron chi connectivity index (χ3n) is 2.13. The molecule has 14 heavy (non-hydrogen) atoms. The van der Waals surface area contributed by atoms with Crippen LogP contribution in [0.1, 0.15) is 21.7 Å². The quantitative estimate of drug-likeness (QED) is 0.839. The molecule has 0 aliphatic heterocycles. The Kier molecular flexibility index (Phi) is 3.01. The van der Waals surface area contributed by atoms with Gasteiger partial charge in [0.2, 0.25) is 0 Å². The molecule has 0 atom stereocenters. The summed E-state index contributed by atoms with van der Waals surface area (Å²) in [6, 6.07) is 1.64. The van der Waals surface area contributed by atoms with E-state index < -0.39 is 5.97 Å². The molecule has 1 aromatic heterocycles. The Morgan fingerprint density at radius 2 is 2.21 bits per heavy atom. The lowest BCUT2D eigenvalue weighted by molar-refractivity contribution is 0.0696. The van der Waals surface area contributed by atoms with Gasteiger partial charge in [-0.3, -0.25) is 0 Å². The summed E-state index contributed by atoms with van der Waals surface area (Å²) in [4.78, 5) is 10.8. The van der Waals surface area contributed by atoms with Crippen LogP contribution in [0.3, 0.4) is 0 Å². The molecule has 0 amide bonds. The molecule has 1 N–H and O–H groups in total. The molecule has 0 spiro atoms. The van der Waals surface area contributed by atoms with Gasteiger partial charge in [-0.15, -0.1) is 0 Å². The van der Waals surface area contributed by atoms with Crippen molar-refractivity contribution >= 4 is 17.6 Å². The molecule has 1 heterocycles. The minimum atomic E-state index is -0.912. The van der Waals surface area contributed by atoms with Crippen molar-refractivity contribution in [1.29, 1.82) is 0 Å². The summed E-state index contributed by atoms with van der Waals surface area (Å²) in [5, 5.41) is 9.36. The van der Waals surface area contributed by atoms with E-state index in [4.69, 9.17) is 16.7 Å². The Hall–Kier alpha value is -1.22. The van der Waals surface area contributed by atoms with Gasteiger partial charge in [-0.1, -0.05) is 18.2 Å². The zero-order valence-corrected chi connectivity index (χ0v) is 8.93. The summed E-state index contributed by atoms with van der Waals surface area (Å²) in [5.74, 6) is -0.912. The molecule has 0 fully saturated rings. The van der Waals surface area contributed by atoms with Gasteiger partial charge in [-0.25, -0.2) is 4.79 Å². The van der Waals surface area contributed by atoms with Crippen molar-refractivity contribution in [3.8, 4) is 0 Å². The lowest BCUT2D eigenvalue weighted by Crippen LogP contribution is -2.04. The first-order valence-corrected chi connectivity index (χ1v) is 4.54. The van der Waals surface area contributed by atoms with Gasteiger partial charge in [-0.2, -0.15) is 0 Å². The number of aromatic nitrogens is 1. The summed E-state index contributed by atoms with van der Waals surface area (Å²) in [6.45, 7) is 7.64. The van der Waals surface area contributed by atoms with Crippen LogP contribution in [-0.4, -0.2) is 15.6 Å². The highest BCUT2D eigenvalue weighted by atomic mass is 35.5. The predicted octanol–water partition coefficient (Wildman–Crippen LogP) is 2.56. The van der Waals surface area contributed by atoms with Gasteiger partial charge in [0.15, 0.2) is 0 Å². The van der Waals surface area contributed by atoms with Crippen molar-refractivity contribution < 1.29 is 9.90 Å². The van der Waals surface area contributed by atoms with Crippen molar-refractivity contribution in [2.45, 2.75) is 20.4 Å². The highest BCUT2D eigenvalue weighted by molar-refractivity contribution is 6.29. The molecule has 0 aliphatic carbocycles. The van der Waals surface area contributed by atoms with E-state index in [2.05, 4.69) is 6.58 Å². The molecule has 0 saturated heterocycles. The second-order valence-electron chi connectivity index (χ2n) is 3.19. The molecule has 76 valence electrons. The van der Waals surface area contributed by atoms with E-state index in [9.17, 15) is 4.79 Å². The third-order valence-corrected chi connectivity index (χ3v) is 2.25. The van der Waals surface area contributed by atoms with Crippen LogP contribution in [-0.2, 0) is 6.54 Å². The molecule has 0 unspecified atom stereocenters. The van der Waals surface area contributed by atoms with E-state index >= 15 is 0 Å². The number of nitrogens with zero attached hydrogens (tertiary/aromatic N) is 1. The van der Waals surface area contributed by atoms with E-state index in [0.29, 0.717) is 22.8 Å². The summed E-state index contributed by atoms with van der Waals surface area (Å²) in [6.07, 6.45) is 0. The summed E-state index contributed by atoms with van der Waals surface area (Å²) in [7, 11) is 0. The number of hydrogen-bond acceptors (Lipinski definition) is 1. The van der Waals surface area contributed by atoms with Crippen LogP contribution in [0.15, 0.2) is 17.7 Å². The van der Waals surface area contributed by atoms with Crippen molar-refractivity contribution in [3.05, 3.63) is 34.6 Å². The molecule has 1 rings (SSSR count). The number of carboxylic acid groups (broad SMARTS) is 1. The number of hydrogen-bond donors (Lipinski definition) is 1. The Morgan fingerprint density at radius 1 is 1.64 bits per heavy atom. The number of allylic oxidation sites excluding steroid dienone is 1. The van der Waals surface area contributed by atoms with Gasteiger partial charge in [0, 0.05) is 16.4 Å². The van der Waals surface area contributed by atoms with Crippen molar-refractivity contribution in [1.82, 2.24) is 4.57 Å². The number of halogens is 1. The molecule has 0 bridgehead atoms. The fourth-order valence-corrected chi connectivity index (χ4v) is 1.55. The smallest absolute Gasteiger partial charge is 0.337 e. The number of aromatic carboxylic acids is 1. The van der Waals surface area contributed by atoms with E-state index in [1.165, 1.54) is 0 Å². The maximum Gasteiger partial charge on any atom is 0.337 e. The van der Waals surface area contributed by atoms with Gasteiger partial charge in [-0.05, 0) is 19.9 Å². The lowest BCUT2D eigenvalue weighted by atomic mass is 10.2. The van der Waals surface area contributed by atoms with Gasteiger partial charge in [0.1, 0.15) is 0 Å². The predicted molar refractivity (Wildman–Crippen MR) is 55.9 cm³/mol. The number of carbonyl (C=O) groups is 1. The maximum absolute atomic E-state index is 10.8. The van der Waals surface area contributed by atoms with Crippen molar-refractivity contribution in [3.63, 3.8) is 0 Å². The topological polar surface area (TPSA) is 42.2 Å². The SMILES string of the molecule is C=C(Cl)Cn1c(C)cc(C(=O)O)c1C. The van der Waals surface area contributed by atoms with Crippen LogP contribution in [0, 0.1) is 13.8 Å². The molecule has 0 aromatic carbocycles. The lowest BCUT2D eigenvalue weighted by Gasteiger charge is -2.07. The fraction of sp³-hybridized carbons (Fsp3) is 0.300. The third kappa shape index (κ3) is 1.99. The molecule has 4 heteroatoms. The highest BCUT2D eigenvalue weighted by Gasteiger charge is 2.14. The molecular formula is C10H12ClNO2. The van der Waals surface area contributed by atoms with Crippen LogP contribution >= 0.6 is 11.6 Å². The minimum Gasteiger partial charge on any atom is -0.478 e. The van der Waals surface area contributed by atoms with Crippen LogP contribution in [0.2, 0.25) is 0 Å². The van der Waals surface area contributed by atoms with E-state index in [1.807, 2.05) is 11.5 Å². The van der Waals surface area contributed by atoms with E-state index in [1.54, 1.807) is 13.0 Å². The molecule has 0 radical (unpaired) electrons. The first-order valence-electron chi connectivity index (χ1n) is 4.16. The van der Waals surface area contributed by atoms with Crippen LogP contribution in [0.25, 0.3) is 0 Å². The average Bonchev–Trinajstić information content (AvgIpc) is 2.31. The second-order valence-corrected chi connectivity index (χ2v) is 3.73. The van der Waals surface area contributed by atoms with Gasteiger partial charge < -0.3 is 9.67 Å². The molecule has 0 saturated carbocycles. The average molecular weight is 214 g/mol. The highest BCUT2D eigenvalue weighted by Crippen LogP contribution is 2.17. The van der Waals surface area contributed by atoms with Crippen LogP contribution in [0.5, 0.6) is 0 Å². The monoisotopic (exact) mass is 213 g/mol. The number of aryl methyl sites for hydroxylation is 1. The molecular weight excluding hydrogens is 202 g/mol. The van der Waals surface area contributed by atoms with Crippen LogP contribution in [0.4, 0.5) is 0 Å². The van der Waals surface area contributed by atoms with E-state index in [-0.39, 0.29) is 0 Å². The first-order chi connectivity index (χ1) is 6.43. The van der Waals surface area contributed by atoms with Crippen molar-refractivity contribution in [2.75, 3.05) is 0 Å². The zero-order valence-electron chi connectivity index (χ0n) is 8.17.